The SMILES string of the molecule is Cc1cc(Nc2ncc(Cl)c(Nc3ccccc3S(=O)(=O)C(C)C)n2)c(OC(C)C)cc1C1CCN(CC(=O)NCCCCCCC(=O)N[C@H](C(=O)N2C[C@H](O)C[C@H]2C(=O)NCc2ccc(-c3scnc3C)cc2)C(C)(C)C)CC1. The fourth-order valence-corrected chi connectivity index (χ4v) is 12.2. The number of para-hydroxylation sites is 1. The number of rotatable bonds is 24. The molecule has 4 heterocycles. The van der Waals surface area contributed by atoms with E-state index < -0.39 is 44.6 Å². The molecule has 5 aromatic rings. The third-order valence-corrected chi connectivity index (χ3v) is 18.0. The van der Waals surface area contributed by atoms with Crippen molar-refractivity contribution in [2.45, 2.75) is 161 Å². The number of hydrogen-bond donors (Lipinski definition) is 6. The van der Waals surface area contributed by atoms with Crippen LogP contribution in [0.2, 0.25) is 5.02 Å². The smallest absolute Gasteiger partial charge is 0.246 e. The highest BCUT2D eigenvalue weighted by Crippen LogP contribution is 2.39. The molecule has 2 aliphatic rings. The Morgan fingerprint density at radius 3 is 2.27 bits per heavy atom. The lowest BCUT2D eigenvalue weighted by Gasteiger charge is -2.35. The average molecular weight is 1160 g/mol. The van der Waals surface area contributed by atoms with Crippen LogP contribution in [0.1, 0.15) is 128 Å². The van der Waals surface area contributed by atoms with Crippen LogP contribution >= 0.6 is 22.9 Å². The standard InChI is InChI=1S/C59H79ClN10O8S2/c1-36(2)78-49-30-44(38(5)28-47(49)66-58-63-32-45(60)55(68-58)65-46-16-13-14-17-50(46)80(76,77)37(3)4)41-23-26-69(27-24-41)34-52(73)61-25-15-11-10-12-18-51(72)67-54(59(7,8)9)57(75)70-33-43(71)29-48(70)56(74)62-31-40-19-21-42(22-20-40)53-39(6)64-35-79-53/h13-14,16-17,19-22,28,30,32,35-37,41,43,48,54,71H,10-12,15,18,23-27,29,31,33-34H2,1-9H3,(H,61,73)(H,62,74)(H,67,72)(H2,63,65,66,68)/t43-,48+,54-/m1/s1. The van der Waals surface area contributed by atoms with Gasteiger partial charge in [0, 0.05) is 32.5 Å². The maximum atomic E-state index is 14.1. The summed E-state index contributed by atoms with van der Waals surface area (Å²) in [6, 6.07) is 16.9. The number of carbonyl (C=O) groups excluding carboxylic acids is 4. The predicted molar refractivity (Wildman–Crippen MR) is 315 cm³/mol. The Balaban J connectivity index is 0.820. The number of nitrogens with zero attached hydrogens (tertiary/aromatic N) is 5. The maximum absolute atomic E-state index is 14.1. The molecule has 2 aromatic heterocycles. The molecule has 7 rings (SSSR count). The van der Waals surface area contributed by atoms with E-state index in [9.17, 15) is 32.7 Å². The third kappa shape index (κ3) is 16.3. The number of aliphatic hydroxyl groups excluding tert-OH is 1. The number of ether oxygens (including phenoxy) is 1. The number of aromatic nitrogens is 3. The Bertz CT molecular complexity index is 3070. The van der Waals surface area contributed by atoms with Crippen LogP contribution in [0.3, 0.4) is 0 Å². The highest BCUT2D eigenvalue weighted by Gasteiger charge is 2.44. The van der Waals surface area contributed by atoms with Crippen LogP contribution in [0, 0.1) is 19.3 Å². The van der Waals surface area contributed by atoms with Gasteiger partial charge in [0.2, 0.25) is 29.6 Å². The first-order chi connectivity index (χ1) is 38.0. The summed E-state index contributed by atoms with van der Waals surface area (Å²) in [5.41, 5.74) is 7.34. The van der Waals surface area contributed by atoms with Crippen molar-refractivity contribution in [1.29, 1.82) is 0 Å². The molecule has 2 saturated heterocycles. The van der Waals surface area contributed by atoms with E-state index in [4.69, 9.17) is 16.3 Å². The summed E-state index contributed by atoms with van der Waals surface area (Å²) in [5, 5.41) is 25.6. The van der Waals surface area contributed by atoms with E-state index >= 15 is 0 Å². The minimum atomic E-state index is -3.60. The van der Waals surface area contributed by atoms with Crippen LogP contribution in [0.25, 0.3) is 10.4 Å². The van der Waals surface area contributed by atoms with Crippen molar-refractivity contribution in [2.75, 3.05) is 43.4 Å². The number of β-amino-alcohol motifs (C(OH)–C–C–N with tert-alkyl or cyclic N) is 1. The number of aliphatic hydroxyl groups is 1. The van der Waals surface area contributed by atoms with Crippen molar-refractivity contribution in [2.24, 2.45) is 5.41 Å². The first-order valence-corrected chi connectivity index (χ1v) is 30.5. The number of amides is 4. The van der Waals surface area contributed by atoms with E-state index in [0.29, 0.717) is 36.6 Å². The fourth-order valence-electron chi connectivity index (χ4n) is 10.1. The zero-order chi connectivity index (χ0) is 57.9. The Hall–Kier alpha value is -6.19. The normalized spacial score (nSPS) is 16.6. The number of hydrogen-bond acceptors (Lipinski definition) is 15. The summed E-state index contributed by atoms with van der Waals surface area (Å²) in [4.78, 5) is 72.1. The fraction of sp³-hybridized carbons (Fsp3) is 0.508. The van der Waals surface area contributed by atoms with Gasteiger partial charge in [-0.2, -0.15) is 4.98 Å². The third-order valence-electron chi connectivity index (χ3n) is 14.5. The summed E-state index contributed by atoms with van der Waals surface area (Å²) in [7, 11) is -3.60. The van der Waals surface area contributed by atoms with Crippen LogP contribution in [0.5, 0.6) is 5.75 Å². The Morgan fingerprint density at radius 2 is 1.60 bits per heavy atom. The lowest BCUT2D eigenvalue weighted by atomic mass is 9.85. The number of aryl methyl sites for hydroxylation is 2. The Morgan fingerprint density at radius 1 is 0.887 bits per heavy atom. The van der Waals surface area contributed by atoms with E-state index in [2.05, 4.69) is 59.4 Å². The highest BCUT2D eigenvalue weighted by atomic mass is 35.5. The molecule has 80 heavy (non-hydrogen) atoms. The molecule has 6 N–H and O–H groups in total. The molecule has 4 amide bonds. The molecule has 0 aliphatic carbocycles. The number of piperidine rings is 1. The molecule has 2 fully saturated rings. The number of nitrogens with one attached hydrogen (secondary N) is 5. The minimum Gasteiger partial charge on any atom is -0.489 e. The molecule has 3 aromatic carbocycles. The molecule has 18 nitrogen and oxygen atoms in total. The highest BCUT2D eigenvalue weighted by molar-refractivity contribution is 7.92. The molecule has 432 valence electrons. The predicted octanol–water partition coefficient (Wildman–Crippen LogP) is 9.38. The summed E-state index contributed by atoms with van der Waals surface area (Å²) in [6.07, 6.45) is 5.53. The van der Waals surface area contributed by atoms with Crippen LogP contribution in [-0.2, 0) is 35.6 Å². The monoisotopic (exact) mass is 1150 g/mol. The van der Waals surface area contributed by atoms with Crippen molar-refractivity contribution in [1.82, 2.24) is 40.7 Å². The molecular formula is C59H79ClN10O8S2. The lowest BCUT2D eigenvalue weighted by Crippen LogP contribution is -2.57. The molecule has 0 unspecified atom stereocenters. The van der Waals surface area contributed by atoms with Gasteiger partial charge < -0.3 is 41.3 Å². The number of carbonyl (C=O) groups is 4. The van der Waals surface area contributed by atoms with Gasteiger partial charge in [0.15, 0.2) is 15.7 Å². The van der Waals surface area contributed by atoms with Gasteiger partial charge in [-0.3, -0.25) is 24.1 Å². The first-order valence-electron chi connectivity index (χ1n) is 27.7. The van der Waals surface area contributed by atoms with E-state index in [1.807, 2.05) is 77.4 Å². The molecule has 2 aliphatic heterocycles. The van der Waals surface area contributed by atoms with Gasteiger partial charge in [0.05, 0.1) is 62.6 Å². The molecule has 0 radical (unpaired) electrons. The second kappa shape index (κ2) is 27.5. The van der Waals surface area contributed by atoms with E-state index in [0.717, 1.165) is 72.5 Å². The van der Waals surface area contributed by atoms with Crippen molar-refractivity contribution in [3.05, 3.63) is 99.8 Å². The second-order valence-electron chi connectivity index (χ2n) is 22.6. The Kier molecular flexibility index (Phi) is 21.1. The van der Waals surface area contributed by atoms with Gasteiger partial charge in [0.25, 0.3) is 0 Å². The average Bonchev–Trinajstić information content (AvgIpc) is 4.05. The number of unbranched alkanes of at least 4 members (excludes halogenated alkanes) is 3. The minimum absolute atomic E-state index is 0.00394. The zero-order valence-electron chi connectivity index (χ0n) is 47.5. The largest absolute Gasteiger partial charge is 0.489 e. The van der Waals surface area contributed by atoms with Gasteiger partial charge in [-0.15, -0.1) is 11.3 Å². The maximum Gasteiger partial charge on any atom is 0.246 e. The first kappa shape index (κ1) is 61.4. The van der Waals surface area contributed by atoms with Crippen molar-refractivity contribution in [3.63, 3.8) is 0 Å². The topological polar surface area (TPSA) is 237 Å². The van der Waals surface area contributed by atoms with E-state index in [-0.39, 0.29) is 77.4 Å². The van der Waals surface area contributed by atoms with Crippen LogP contribution in [0.15, 0.2) is 77.3 Å². The molecular weight excluding hydrogens is 1080 g/mol. The van der Waals surface area contributed by atoms with Gasteiger partial charge in [0.1, 0.15) is 22.9 Å². The summed E-state index contributed by atoms with van der Waals surface area (Å²) in [6.45, 7) is 19.5. The Labute approximate surface area is 480 Å². The molecule has 0 spiro atoms. The van der Waals surface area contributed by atoms with Gasteiger partial charge in [-0.05, 0) is 138 Å². The number of halogens is 1. The molecule has 0 saturated carbocycles. The summed E-state index contributed by atoms with van der Waals surface area (Å²) < 4.78 is 32.6. The summed E-state index contributed by atoms with van der Waals surface area (Å²) in [5.74, 6) is 0.361. The van der Waals surface area contributed by atoms with Crippen LogP contribution in [0.4, 0.5) is 23.1 Å². The van der Waals surface area contributed by atoms with Gasteiger partial charge in [-0.1, -0.05) is 81.6 Å². The molecule has 3 atom stereocenters. The van der Waals surface area contributed by atoms with E-state index in [1.165, 1.54) is 16.7 Å². The number of benzene rings is 3. The van der Waals surface area contributed by atoms with E-state index in [1.54, 1.807) is 49.4 Å². The van der Waals surface area contributed by atoms with Crippen molar-refractivity contribution < 1.29 is 37.4 Å². The van der Waals surface area contributed by atoms with Crippen LogP contribution < -0.4 is 31.3 Å². The number of sulfone groups is 1. The quantitative estimate of drug-likeness (QED) is 0.0316. The lowest BCUT2D eigenvalue weighted by molar-refractivity contribution is -0.144. The number of anilines is 4. The summed E-state index contributed by atoms with van der Waals surface area (Å²) >= 11 is 8.10. The molecule has 21 heteroatoms. The van der Waals surface area contributed by atoms with Gasteiger partial charge in [-0.25, -0.2) is 18.4 Å². The zero-order valence-corrected chi connectivity index (χ0v) is 49.9. The van der Waals surface area contributed by atoms with Crippen LogP contribution in [-0.4, -0.2) is 124 Å². The number of thiazole rings is 1. The second-order valence-corrected chi connectivity index (χ2v) is 26.3. The van der Waals surface area contributed by atoms with Crippen molar-refractivity contribution >= 4 is 79.5 Å². The van der Waals surface area contributed by atoms with Gasteiger partial charge >= 0.3 is 0 Å². The van der Waals surface area contributed by atoms with Crippen molar-refractivity contribution in [3.8, 4) is 16.2 Å². The number of likely N-dealkylation sites (tertiary alicyclic amines) is 2. The molecule has 0 bridgehead atoms.